The van der Waals surface area contributed by atoms with Gasteiger partial charge in [0.25, 0.3) is 0 Å². The molecule has 8 nitrogen and oxygen atoms in total. The van der Waals surface area contributed by atoms with Gasteiger partial charge in [-0.1, -0.05) is 0 Å². The first-order valence-corrected chi connectivity index (χ1v) is 8.98. The highest BCUT2D eigenvalue weighted by Crippen LogP contribution is 2.15. The zero-order valence-electron chi connectivity index (χ0n) is 14.4. The first-order chi connectivity index (χ1) is 12.1. The Balaban J connectivity index is 1.50. The van der Waals surface area contributed by atoms with Crippen LogP contribution in [0, 0.1) is 0 Å². The summed E-state index contributed by atoms with van der Waals surface area (Å²) in [6.45, 7) is 4.05. The first-order valence-electron chi connectivity index (χ1n) is 8.98. The van der Waals surface area contributed by atoms with Crippen molar-refractivity contribution in [3.8, 4) is 0 Å². The summed E-state index contributed by atoms with van der Waals surface area (Å²) in [4.78, 5) is 25.0. The van der Waals surface area contributed by atoms with Gasteiger partial charge in [-0.3, -0.25) is 19.2 Å². The highest BCUT2D eigenvalue weighted by atomic mass is 16.5. The van der Waals surface area contributed by atoms with Gasteiger partial charge in [0.1, 0.15) is 0 Å². The molecule has 3 rings (SSSR count). The molecule has 8 heteroatoms. The SMILES string of the molecule is O=C(O)CCc1cc2n(n1)CCCN(CC(=O)NCC1CCCO1)C2. The van der Waals surface area contributed by atoms with Gasteiger partial charge in [0.15, 0.2) is 0 Å². The van der Waals surface area contributed by atoms with E-state index in [1.807, 2.05) is 10.7 Å². The normalized spacial score (nSPS) is 20.9. The molecule has 3 heterocycles. The minimum Gasteiger partial charge on any atom is -0.481 e. The van der Waals surface area contributed by atoms with E-state index in [9.17, 15) is 9.59 Å². The molecular weight excluding hydrogens is 324 g/mol. The molecule has 25 heavy (non-hydrogen) atoms. The Morgan fingerprint density at radius 3 is 3.00 bits per heavy atom. The van der Waals surface area contributed by atoms with Crippen molar-refractivity contribution in [1.82, 2.24) is 20.0 Å². The van der Waals surface area contributed by atoms with E-state index < -0.39 is 5.97 Å². The summed E-state index contributed by atoms with van der Waals surface area (Å²) in [5.74, 6) is -0.790. The van der Waals surface area contributed by atoms with Gasteiger partial charge >= 0.3 is 5.97 Å². The number of aromatic nitrogens is 2. The van der Waals surface area contributed by atoms with E-state index in [1.165, 1.54) is 0 Å². The van der Waals surface area contributed by atoms with Crippen LogP contribution in [-0.4, -0.2) is 64.0 Å². The number of rotatable bonds is 7. The summed E-state index contributed by atoms with van der Waals surface area (Å²) in [6.07, 6.45) is 3.70. The first kappa shape index (κ1) is 17.9. The lowest BCUT2D eigenvalue weighted by Gasteiger charge is -2.19. The number of hydrogen-bond acceptors (Lipinski definition) is 5. The lowest BCUT2D eigenvalue weighted by Crippen LogP contribution is -2.40. The number of nitrogens with zero attached hydrogens (tertiary/aromatic N) is 3. The topological polar surface area (TPSA) is 96.7 Å². The van der Waals surface area contributed by atoms with E-state index in [0.717, 1.165) is 50.3 Å². The number of carboxylic acids is 1. The molecule has 1 atom stereocenters. The van der Waals surface area contributed by atoms with Crippen LogP contribution in [0.15, 0.2) is 6.07 Å². The highest BCUT2D eigenvalue weighted by molar-refractivity contribution is 5.78. The van der Waals surface area contributed by atoms with Crippen LogP contribution in [0.1, 0.15) is 37.1 Å². The Bertz CT molecular complexity index is 610. The molecule has 2 aliphatic rings. The van der Waals surface area contributed by atoms with Crippen molar-refractivity contribution in [1.29, 1.82) is 0 Å². The third kappa shape index (κ3) is 5.27. The molecule has 1 aromatic rings. The smallest absolute Gasteiger partial charge is 0.303 e. The number of amides is 1. The van der Waals surface area contributed by atoms with Crippen molar-refractivity contribution in [2.75, 3.05) is 26.2 Å². The molecule has 0 saturated carbocycles. The third-order valence-electron chi connectivity index (χ3n) is 4.66. The molecule has 1 unspecified atom stereocenters. The Hall–Kier alpha value is -1.93. The molecule has 2 aliphatic heterocycles. The molecule has 138 valence electrons. The van der Waals surface area contributed by atoms with E-state index in [2.05, 4.69) is 15.3 Å². The molecular formula is C17H26N4O4. The van der Waals surface area contributed by atoms with Crippen LogP contribution in [0.2, 0.25) is 0 Å². The van der Waals surface area contributed by atoms with Gasteiger partial charge in [0.05, 0.1) is 30.5 Å². The van der Waals surface area contributed by atoms with Crippen molar-refractivity contribution in [2.24, 2.45) is 0 Å². The zero-order chi connectivity index (χ0) is 17.6. The summed E-state index contributed by atoms with van der Waals surface area (Å²) in [5.41, 5.74) is 1.85. The van der Waals surface area contributed by atoms with Crippen molar-refractivity contribution >= 4 is 11.9 Å². The Morgan fingerprint density at radius 2 is 2.24 bits per heavy atom. The van der Waals surface area contributed by atoms with Crippen LogP contribution < -0.4 is 5.32 Å². The van der Waals surface area contributed by atoms with Gasteiger partial charge in [-0.15, -0.1) is 0 Å². The van der Waals surface area contributed by atoms with Gasteiger partial charge < -0.3 is 15.2 Å². The maximum atomic E-state index is 12.2. The van der Waals surface area contributed by atoms with E-state index >= 15 is 0 Å². The predicted molar refractivity (Wildman–Crippen MR) is 90.1 cm³/mol. The average molecular weight is 350 g/mol. The fraction of sp³-hybridized carbons (Fsp3) is 0.706. The Labute approximate surface area is 147 Å². The number of nitrogens with one attached hydrogen (secondary N) is 1. The van der Waals surface area contributed by atoms with E-state index in [-0.39, 0.29) is 18.4 Å². The Morgan fingerprint density at radius 1 is 1.36 bits per heavy atom. The molecule has 0 radical (unpaired) electrons. The number of fused-ring (bicyclic) bond motifs is 1. The second kappa shape index (κ2) is 8.44. The number of ether oxygens (including phenoxy) is 1. The summed E-state index contributed by atoms with van der Waals surface area (Å²) >= 11 is 0. The van der Waals surface area contributed by atoms with Crippen LogP contribution in [0.25, 0.3) is 0 Å². The second-order valence-electron chi connectivity index (χ2n) is 6.75. The molecule has 1 amide bonds. The predicted octanol–water partition coefficient (Wildman–Crippen LogP) is 0.401. The third-order valence-corrected chi connectivity index (χ3v) is 4.66. The van der Waals surface area contributed by atoms with Gasteiger partial charge in [0, 0.05) is 39.2 Å². The van der Waals surface area contributed by atoms with Crippen LogP contribution >= 0.6 is 0 Å². The number of aryl methyl sites for hydroxylation is 2. The summed E-state index contributed by atoms with van der Waals surface area (Å²) < 4.78 is 7.47. The van der Waals surface area contributed by atoms with Gasteiger partial charge in [-0.25, -0.2) is 0 Å². The second-order valence-corrected chi connectivity index (χ2v) is 6.75. The number of carboxylic acid groups (broad SMARTS) is 1. The fourth-order valence-corrected chi connectivity index (χ4v) is 3.37. The van der Waals surface area contributed by atoms with Crippen LogP contribution in [-0.2, 0) is 33.8 Å². The van der Waals surface area contributed by atoms with Crippen molar-refractivity contribution < 1.29 is 19.4 Å². The molecule has 0 spiro atoms. The van der Waals surface area contributed by atoms with Gasteiger partial charge in [-0.05, 0) is 25.3 Å². The lowest BCUT2D eigenvalue weighted by molar-refractivity contribution is -0.137. The summed E-state index contributed by atoms with van der Waals surface area (Å²) in [7, 11) is 0. The van der Waals surface area contributed by atoms with Crippen LogP contribution in [0.3, 0.4) is 0 Å². The lowest BCUT2D eigenvalue weighted by atomic mass is 10.2. The number of carbonyl (C=O) groups is 2. The van der Waals surface area contributed by atoms with Gasteiger partial charge in [-0.2, -0.15) is 5.10 Å². The summed E-state index contributed by atoms with van der Waals surface area (Å²) in [5, 5.41) is 16.3. The number of carbonyl (C=O) groups excluding carboxylic acids is 1. The van der Waals surface area contributed by atoms with Crippen LogP contribution in [0.5, 0.6) is 0 Å². The molecule has 1 saturated heterocycles. The van der Waals surface area contributed by atoms with Crippen molar-refractivity contribution in [3.63, 3.8) is 0 Å². The monoisotopic (exact) mass is 350 g/mol. The minimum absolute atomic E-state index is 0.0227. The minimum atomic E-state index is -0.812. The van der Waals surface area contributed by atoms with Crippen LogP contribution in [0.4, 0.5) is 0 Å². The van der Waals surface area contributed by atoms with Gasteiger partial charge in [0.2, 0.25) is 5.91 Å². The highest BCUT2D eigenvalue weighted by Gasteiger charge is 2.20. The maximum Gasteiger partial charge on any atom is 0.303 e. The van der Waals surface area contributed by atoms with E-state index in [0.29, 0.717) is 26.1 Å². The molecule has 0 aliphatic carbocycles. The average Bonchev–Trinajstić information content (AvgIpc) is 3.18. The molecule has 2 N–H and O–H groups in total. The Kier molecular flexibility index (Phi) is 6.04. The summed E-state index contributed by atoms with van der Waals surface area (Å²) in [6, 6.07) is 1.96. The largest absolute Gasteiger partial charge is 0.481 e. The quantitative estimate of drug-likeness (QED) is 0.739. The van der Waals surface area contributed by atoms with Crippen molar-refractivity contribution in [2.45, 2.75) is 51.3 Å². The van der Waals surface area contributed by atoms with E-state index in [4.69, 9.17) is 9.84 Å². The molecule has 1 fully saturated rings. The number of hydrogen-bond donors (Lipinski definition) is 2. The molecule has 1 aromatic heterocycles. The molecule has 0 bridgehead atoms. The standard InChI is InChI=1S/C17H26N4O4/c22-16(18-10-15-3-1-8-25-15)12-20-6-2-7-21-14(11-20)9-13(19-21)4-5-17(23)24/h9,15H,1-8,10-12H2,(H,18,22)(H,23,24). The van der Waals surface area contributed by atoms with E-state index in [1.54, 1.807) is 0 Å². The molecule has 0 aromatic carbocycles. The maximum absolute atomic E-state index is 12.2. The fourth-order valence-electron chi connectivity index (χ4n) is 3.37. The zero-order valence-corrected chi connectivity index (χ0v) is 14.4. The number of aliphatic carboxylic acids is 1. The van der Waals surface area contributed by atoms with Crippen molar-refractivity contribution in [3.05, 3.63) is 17.5 Å².